The molecule has 9 atom stereocenters. The molecule has 30 heteroatoms. The van der Waals surface area contributed by atoms with Crippen LogP contribution in [0.3, 0.4) is 0 Å². The van der Waals surface area contributed by atoms with E-state index in [1.807, 2.05) is 19.9 Å². The number of benzene rings is 2. The maximum Gasteiger partial charge on any atom is 0.300 e. The highest BCUT2D eigenvalue weighted by molar-refractivity contribution is 5.99. The molecule has 10 amide bonds. The molecule has 2 aliphatic rings. The van der Waals surface area contributed by atoms with Crippen LogP contribution in [-0.4, -0.2) is 187 Å². The zero-order valence-corrected chi connectivity index (χ0v) is 52.1. The van der Waals surface area contributed by atoms with E-state index in [9.17, 15) is 58.2 Å². The summed E-state index contributed by atoms with van der Waals surface area (Å²) in [4.78, 5) is 164. The number of para-hydroxylation sites is 1. The van der Waals surface area contributed by atoms with Gasteiger partial charge >= 0.3 is 0 Å². The van der Waals surface area contributed by atoms with Crippen molar-refractivity contribution in [2.75, 3.05) is 26.2 Å². The molecule has 2 aromatic heterocycles. The topological polar surface area (TPSA) is 469 Å². The average Bonchev–Trinajstić information content (AvgIpc) is 2.04. The van der Waals surface area contributed by atoms with E-state index in [0.29, 0.717) is 41.6 Å². The van der Waals surface area contributed by atoms with Gasteiger partial charge in [-0.25, -0.2) is 4.98 Å². The number of fused-ring (bicyclic) bond motifs is 1. The molecule has 2 fully saturated rings. The molecule has 91 heavy (non-hydrogen) atoms. The number of carbonyl (C=O) groups excluding carboxylic acids is 10. The van der Waals surface area contributed by atoms with Crippen molar-refractivity contribution in [2.45, 2.75) is 167 Å². The molecule has 2 saturated heterocycles. The number of aromatic hydroxyl groups is 1. The van der Waals surface area contributed by atoms with E-state index in [1.54, 1.807) is 45.2 Å². The predicted octanol–water partition coefficient (Wildman–Crippen LogP) is -1.35. The van der Waals surface area contributed by atoms with Gasteiger partial charge in [-0.15, -0.1) is 0 Å². The summed E-state index contributed by atoms with van der Waals surface area (Å²) in [5.41, 5.74) is 13.3. The number of imidazole rings is 1. The number of nitrogens with zero attached hydrogens (tertiary/aromatic N) is 3. The van der Waals surface area contributed by atoms with Crippen molar-refractivity contribution >= 4 is 81.9 Å². The monoisotopic (exact) mass is 1270 g/mol. The molecule has 4 aromatic rings. The highest BCUT2D eigenvalue weighted by atomic mass is 16.4. The molecule has 0 aliphatic carbocycles. The number of carboxylic acid groups (broad SMARTS) is 1. The number of nitrogens with one attached hydrogen (secondary N) is 11. The number of aromatic nitrogens is 3. The Kier molecular flexibility index (Phi) is 28.2. The number of aliphatic hydroxyl groups is 1. The number of guanidine groups is 1. The number of H-pyrrole nitrogens is 2. The number of phenolic OH excluding ortho intramolecular Hbond substituents is 1. The molecule has 4 heterocycles. The van der Waals surface area contributed by atoms with Gasteiger partial charge in [-0.2, -0.15) is 0 Å². The molecular weight excluding hydrogens is 1180 g/mol. The number of nitrogens with two attached hydrogens (primary N) is 2. The summed E-state index contributed by atoms with van der Waals surface area (Å²) in [6, 6.07) is 1.58. The average molecular weight is 1270 g/mol. The van der Waals surface area contributed by atoms with Crippen LogP contribution in [0.1, 0.15) is 110 Å². The van der Waals surface area contributed by atoms with Crippen LogP contribution >= 0.6 is 0 Å². The standard InChI is InChI=1S/C59H84N16O12.C2H4O2/c1-6-63-57(86)48-14-10-22-75(48)58(87)41(13-9-21-64-59(60)61)68-51(80)42(23-32(2)3)69-52(81)43(24-33(4)5)70-53(82)44(25-34-15-17-37(77)18-16-34)71-56(85)47(30-76)74-54(83)45(26-35-28-65-39-12-8-7-11-38(35)39)72-55(84)46(27-36-29-62-31-66-36)73-50(79)40-19-20-49(78)67-40;1-2(3)4/h7-8,11-12,15-18,28-29,31-33,40-48,65,76-77H,6,9-10,13-14,19-27,30H2,1-5H3,(H,62,66)(H,63,86)(H,67,78)(H,68,80)(H,69,81)(H,70,82)(H,71,85)(H,72,84)(H,73,79)(H,74,83)(H4,60,61,64);1H3,(H,3,4)/t40-,41+,42+,43-,44+,45+,46+,47+,48+;/m1./s1. The number of aromatic amines is 2. The maximum absolute atomic E-state index is 14.7. The van der Waals surface area contributed by atoms with Crippen molar-refractivity contribution in [3.8, 4) is 5.75 Å². The zero-order valence-electron chi connectivity index (χ0n) is 52.1. The second-order valence-corrected chi connectivity index (χ2v) is 23.3. The highest BCUT2D eigenvalue weighted by Crippen LogP contribution is 2.22. The van der Waals surface area contributed by atoms with Gasteiger partial charge in [-0.1, -0.05) is 58.0 Å². The van der Waals surface area contributed by atoms with E-state index in [-0.39, 0.29) is 106 Å². The lowest BCUT2D eigenvalue weighted by Gasteiger charge is -2.31. The molecule has 6 rings (SSSR count). The third-order valence-corrected chi connectivity index (χ3v) is 14.9. The Labute approximate surface area is 526 Å². The summed E-state index contributed by atoms with van der Waals surface area (Å²) in [5.74, 6) is -8.39. The van der Waals surface area contributed by atoms with Crippen LogP contribution in [0.15, 0.2) is 72.2 Å². The van der Waals surface area contributed by atoms with Gasteiger partial charge in [0.15, 0.2) is 5.96 Å². The third kappa shape index (κ3) is 23.1. The molecule has 30 nitrogen and oxygen atoms in total. The minimum atomic E-state index is -1.75. The van der Waals surface area contributed by atoms with Crippen LogP contribution in [-0.2, 0) is 72.0 Å². The van der Waals surface area contributed by atoms with Gasteiger partial charge in [0.2, 0.25) is 59.1 Å². The number of aliphatic imine (C=N–C) groups is 1. The Balaban J connectivity index is 0.00000365. The first-order valence-electron chi connectivity index (χ1n) is 30.4. The molecule has 0 spiro atoms. The summed E-state index contributed by atoms with van der Waals surface area (Å²) < 4.78 is 0. The number of aliphatic hydroxyl groups excluding tert-OH is 1. The summed E-state index contributed by atoms with van der Waals surface area (Å²) in [6.45, 7) is 9.91. The van der Waals surface area contributed by atoms with Crippen molar-refractivity contribution in [1.29, 1.82) is 0 Å². The van der Waals surface area contributed by atoms with Crippen LogP contribution in [0.25, 0.3) is 10.9 Å². The highest BCUT2D eigenvalue weighted by Gasteiger charge is 2.40. The summed E-state index contributed by atoms with van der Waals surface area (Å²) in [6.07, 6.45) is 5.80. The normalized spacial score (nSPS) is 16.7. The van der Waals surface area contributed by atoms with Crippen molar-refractivity contribution < 1.29 is 68.1 Å². The molecular formula is C61H88N16O14. The fourth-order valence-corrected chi connectivity index (χ4v) is 10.5. The van der Waals surface area contributed by atoms with E-state index in [2.05, 4.69) is 67.8 Å². The first-order chi connectivity index (χ1) is 43.3. The number of carbonyl (C=O) groups is 11. The Morgan fingerprint density at radius 2 is 1.25 bits per heavy atom. The first kappa shape index (κ1) is 72.1. The van der Waals surface area contributed by atoms with Gasteiger partial charge in [0.1, 0.15) is 60.1 Å². The fraction of sp³-hybridized carbons (Fsp3) is 0.525. The van der Waals surface area contributed by atoms with Crippen LogP contribution < -0.4 is 59.3 Å². The van der Waals surface area contributed by atoms with Crippen LogP contribution in [0.5, 0.6) is 5.75 Å². The van der Waals surface area contributed by atoms with Gasteiger partial charge in [0, 0.05) is 81.2 Å². The minimum Gasteiger partial charge on any atom is -0.508 e. The number of phenols is 1. The Morgan fingerprint density at radius 3 is 1.80 bits per heavy atom. The SMILES string of the molecule is CC(=O)O.CCNC(=O)[C@@H]1CCCN1C(=O)[C@H](CCCN=C(N)N)NC(=O)[C@H](CC(C)C)NC(=O)[C@@H](CC(C)C)NC(=O)[C@H](Cc1ccc(O)cc1)NC(=O)[C@H](CO)NC(=O)[C@H](Cc1c[nH]c2ccccc12)NC(=O)[C@H](Cc1cnc[nH]1)NC(=O)[C@H]1CCC(=O)N1. The molecule has 18 N–H and O–H groups in total. The van der Waals surface area contributed by atoms with Crippen LogP contribution in [0.2, 0.25) is 0 Å². The number of likely N-dealkylation sites (tertiary alicyclic amines) is 1. The largest absolute Gasteiger partial charge is 0.508 e. The predicted molar refractivity (Wildman–Crippen MR) is 333 cm³/mol. The summed E-state index contributed by atoms with van der Waals surface area (Å²) in [5, 5.41) is 53.3. The maximum atomic E-state index is 14.7. The van der Waals surface area contributed by atoms with Gasteiger partial charge in [0.25, 0.3) is 5.97 Å². The summed E-state index contributed by atoms with van der Waals surface area (Å²) >= 11 is 0. The van der Waals surface area contributed by atoms with Crippen molar-refractivity contribution in [3.05, 3.63) is 84.1 Å². The Bertz CT molecular complexity index is 3160. The van der Waals surface area contributed by atoms with Crippen molar-refractivity contribution in [2.24, 2.45) is 28.3 Å². The van der Waals surface area contributed by atoms with Crippen LogP contribution in [0.4, 0.5) is 0 Å². The number of aliphatic carboxylic acids is 1. The Hall–Kier alpha value is -9.61. The number of hydrogen-bond acceptors (Lipinski definition) is 15. The van der Waals surface area contributed by atoms with E-state index in [0.717, 1.165) is 12.4 Å². The minimum absolute atomic E-state index is 0.0397. The molecule has 496 valence electrons. The fourth-order valence-electron chi connectivity index (χ4n) is 10.5. The number of hydrogen-bond donors (Lipinski definition) is 16. The Morgan fingerprint density at radius 1 is 0.703 bits per heavy atom. The smallest absolute Gasteiger partial charge is 0.300 e. The lowest BCUT2D eigenvalue weighted by atomic mass is 9.98. The second kappa shape index (κ2) is 35.5. The number of amides is 10. The quantitative estimate of drug-likeness (QED) is 0.0153. The van der Waals surface area contributed by atoms with Crippen LogP contribution in [0, 0.1) is 11.8 Å². The van der Waals surface area contributed by atoms with Gasteiger partial charge in [-0.3, -0.25) is 57.7 Å². The first-order valence-corrected chi connectivity index (χ1v) is 30.4. The number of carboxylic acids is 1. The zero-order chi connectivity index (χ0) is 66.9. The molecule has 2 aliphatic heterocycles. The van der Waals surface area contributed by atoms with Crippen molar-refractivity contribution in [3.63, 3.8) is 0 Å². The molecule has 0 bridgehead atoms. The third-order valence-electron chi connectivity index (χ3n) is 14.9. The number of rotatable bonds is 32. The van der Waals surface area contributed by atoms with Crippen molar-refractivity contribution in [1.82, 2.24) is 67.7 Å². The van der Waals surface area contributed by atoms with E-state index >= 15 is 0 Å². The number of likely N-dealkylation sites (N-methyl/N-ethyl adjacent to an activating group) is 1. The lowest BCUT2D eigenvalue weighted by Crippen LogP contribution is -2.61. The van der Waals surface area contributed by atoms with Gasteiger partial charge < -0.3 is 89.5 Å². The molecule has 0 radical (unpaired) electrons. The second-order valence-electron chi connectivity index (χ2n) is 23.3. The van der Waals surface area contributed by atoms with E-state index in [4.69, 9.17) is 21.4 Å². The summed E-state index contributed by atoms with van der Waals surface area (Å²) in [7, 11) is 0. The van der Waals surface area contributed by atoms with E-state index in [1.165, 1.54) is 41.7 Å². The van der Waals surface area contributed by atoms with E-state index < -0.39 is 114 Å². The molecule has 2 aromatic carbocycles. The molecule has 0 unspecified atom stereocenters. The van der Waals surface area contributed by atoms with Gasteiger partial charge in [-0.05, 0) is 93.0 Å². The lowest BCUT2D eigenvalue weighted by molar-refractivity contribution is -0.142. The van der Waals surface area contributed by atoms with Gasteiger partial charge in [0.05, 0.1) is 12.9 Å². The molecule has 0 saturated carbocycles.